The van der Waals surface area contributed by atoms with E-state index >= 15 is 0 Å². The molecule has 26 heavy (non-hydrogen) atoms. The lowest BCUT2D eigenvalue weighted by atomic mass is 9.80. The van der Waals surface area contributed by atoms with Crippen LogP contribution < -0.4 is 0 Å². The summed E-state index contributed by atoms with van der Waals surface area (Å²) in [6.45, 7) is 2.58. The smallest absolute Gasteiger partial charge is 0.255 e. The van der Waals surface area contributed by atoms with Crippen molar-refractivity contribution < 1.29 is 19.7 Å². The average Bonchev–Trinajstić information content (AvgIpc) is 2.67. The monoisotopic (exact) mass is 374 g/mol. The van der Waals surface area contributed by atoms with Crippen molar-refractivity contribution in [2.24, 2.45) is 0 Å². The molecule has 0 bridgehead atoms. The molecule has 0 amide bonds. The molecule has 2 aromatic carbocycles. The normalized spacial score (nSPS) is 18.5. The first-order valence-electron chi connectivity index (χ1n) is 9.05. The number of fused-ring (bicyclic) bond motifs is 2. The highest BCUT2D eigenvalue weighted by atomic mass is 35.5. The van der Waals surface area contributed by atoms with Gasteiger partial charge in [0.15, 0.2) is 5.78 Å². The molecular formula is C21H23ClO4. The van der Waals surface area contributed by atoms with Crippen LogP contribution in [0.25, 0.3) is 0 Å². The van der Waals surface area contributed by atoms with E-state index in [1.54, 1.807) is 42.5 Å². The Hall–Kier alpha value is -1.72. The number of ketones is 1. The van der Waals surface area contributed by atoms with Crippen molar-refractivity contribution in [1.29, 1.82) is 0 Å². The Morgan fingerprint density at radius 1 is 1.00 bits per heavy atom. The molecule has 0 saturated heterocycles. The number of ether oxygens (including phenoxy) is 1. The summed E-state index contributed by atoms with van der Waals surface area (Å²) in [6, 6.07) is 12.0. The quantitative estimate of drug-likeness (QED) is 0.284. The molecule has 4 nitrogen and oxygen atoms in total. The van der Waals surface area contributed by atoms with Crippen LogP contribution in [0.5, 0.6) is 0 Å². The third-order valence-corrected chi connectivity index (χ3v) is 5.02. The highest BCUT2D eigenvalue weighted by molar-refractivity contribution is 6.31. The van der Waals surface area contributed by atoms with Crippen LogP contribution in [0.15, 0.2) is 42.5 Å². The predicted molar refractivity (Wildman–Crippen MR) is 101 cm³/mol. The van der Waals surface area contributed by atoms with Crippen molar-refractivity contribution in [3.63, 3.8) is 0 Å². The summed E-state index contributed by atoms with van der Waals surface area (Å²) < 4.78 is 6.07. The Bertz CT molecular complexity index is 789. The van der Waals surface area contributed by atoms with E-state index in [2.05, 4.69) is 6.92 Å². The van der Waals surface area contributed by atoms with E-state index in [9.17, 15) is 10.1 Å². The first kappa shape index (κ1) is 19.1. The second kappa shape index (κ2) is 8.31. The van der Waals surface area contributed by atoms with E-state index in [1.807, 2.05) is 0 Å². The summed E-state index contributed by atoms with van der Waals surface area (Å²) in [4.78, 5) is 17.8. The van der Waals surface area contributed by atoms with E-state index in [4.69, 9.17) is 21.2 Å². The number of rotatable bonds is 8. The van der Waals surface area contributed by atoms with Crippen molar-refractivity contribution in [3.8, 4) is 0 Å². The van der Waals surface area contributed by atoms with Gasteiger partial charge in [-0.25, -0.2) is 5.26 Å². The number of hydrogen-bond donors (Lipinski definition) is 1. The van der Waals surface area contributed by atoms with Crippen LogP contribution in [0, 0.1) is 0 Å². The Morgan fingerprint density at radius 2 is 1.73 bits per heavy atom. The summed E-state index contributed by atoms with van der Waals surface area (Å²) in [7, 11) is 0. The van der Waals surface area contributed by atoms with Crippen LogP contribution >= 0.6 is 11.6 Å². The van der Waals surface area contributed by atoms with Crippen molar-refractivity contribution >= 4 is 17.4 Å². The van der Waals surface area contributed by atoms with Gasteiger partial charge < -0.3 is 4.74 Å². The van der Waals surface area contributed by atoms with Gasteiger partial charge in [-0.1, -0.05) is 74.5 Å². The number of benzene rings is 2. The van der Waals surface area contributed by atoms with Crippen LogP contribution in [0.3, 0.4) is 0 Å². The Labute approximate surface area is 158 Å². The summed E-state index contributed by atoms with van der Waals surface area (Å²) in [5.74, 6) is -1.67. The SMILES string of the molecule is CCCCCCCOC1(OO)c2ccccc2C(=O)c2cc(Cl)ccc21. The van der Waals surface area contributed by atoms with E-state index in [0.29, 0.717) is 33.9 Å². The summed E-state index contributed by atoms with van der Waals surface area (Å²) in [5, 5.41) is 10.3. The number of carbonyl (C=O) groups is 1. The number of carbonyl (C=O) groups excluding carboxylic acids is 1. The molecule has 3 rings (SSSR count). The summed E-state index contributed by atoms with van der Waals surface area (Å²) in [6.07, 6.45) is 5.41. The second-order valence-corrected chi connectivity index (χ2v) is 6.97. The molecule has 0 aromatic heterocycles. The lowest BCUT2D eigenvalue weighted by Gasteiger charge is -2.36. The predicted octanol–water partition coefficient (Wildman–Crippen LogP) is 5.56. The summed E-state index contributed by atoms with van der Waals surface area (Å²) >= 11 is 6.08. The number of hydrogen-bond acceptors (Lipinski definition) is 4. The fraction of sp³-hybridized carbons (Fsp3) is 0.381. The molecule has 0 spiro atoms. The van der Waals surface area contributed by atoms with Gasteiger partial charge in [-0.15, -0.1) is 0 Å². The Kier molecular flexibility index (Phi) is 6.09. The Balaban J connectivity index is 1.96. The van der Waals surface area contributed by atoms with Crippen LogP contribution in [-0.4, -0.2) is 17.6 Å². The molecule has 0 fully saturated rings. The third kappa shape index (κ3) is 3.42. The maximum Gasteiger partial charge on any atom is 0.255 e. The first-order chi connectivity index (χ1) is 12.6. The maximum atomic E-state index is 12.9. The highest BCUT2D eigenvalue weighted by Gasteiger charge is 2.46. The zero-order valence-electron chi connectivity index (χ0n) is 14.8. The second-order valence-electron chi connectivity index (χ2n) is 6.54. The van der Waals surface area contributed by atoms with Crippen LogP contribution in [-0.2, 0) is 15.4 Å². The van der Waals surface area contributed by atoms with Gasteiger partial charge in [0.2, 0.25) is 0 Å². The van der Waals surface area contributed by atoms with Gasteiger partial charge in [0.1, 0.15) is 0 Å². The van der Waals surface area contributed by atoms with Crippen molar-refractivity contribution in [2.75, 3.05) is 6.61 Å². The largest absolute Gasteiger partial charge is 0.340 e. The highest BCUT2D eigenvalue weighted by Crippen LogP contribution is 2.43. The van der Waals surface area contributed by atoms with Gasteiger partial charge in [-0.05, 0) is 18.6 Å². The molecule has 0 aliphatic heterocycles. The lowest BCUT2D eigenvalue weighted by molar-refractivity contribution is -0.396. The van der Waals surface area contributed by atoms with Crippen molar-refractivity contribution in [2.45, 2.75) is 44.8 Å². The van der Waals surface area contributed by atoms with Gasteiger partial charge >= 0.3 is 0 Å². The van der Waals surface area contributed by atoms with E-state index in [0.717, 1.165) is 19.3 Å². The van der Waals surface area contributed by atoms with E-state index in [1.165, 1.54) is 12.8 Å². The average molecular weight is 375 g/mol. The molecule has 1 atom stereocenters. The van der Waals surface area contributed by atoms with Gasteiger partial charge in [0.05, 0.1) is 6.61 Å². The van der Waals surface area contributed by atoms with Gasteiger partial charge in [-0.2, -0.15) is 4.89 Å². The fourth-order valence-corrected chi connectivity index (χ4v) is 3.62. The molecule has 1 aliphatic rings. The Morgan fingerprint density at radius 3 is 2.50 bits per heavy atom. The molecular weight excluding hydrogens is 352 g/mol. The minimum atomic E-state index is -1.52. The van der Waals surface area contributed by atoms with E-state index in [-0.39, 0.29) is 5.78 Å². The number of halogens is 1. The molecule has 138 valence electrons. The molecule has 2 aromatic rings. The minimum Gasteiger partial charge on any atom is -0.340 e. The molecule has 5 heteroatoms. The van der Waals surface area contributed by atoms with Crippen LogP contribution in [0.1, 0.15) is 66.1 Å². The summed E-state index contributed by atoms with van der Waals surface area (Å²) in [5.41, 5.74) is 1.82. The van der Waals surface area contributed by atoms with Crippen molar-refractivity contribution in [1.82, 2.24) is 0 Å². The standard InChI is InChI=1S/C21H23ClO4/c1-2-3-4-5-8-13-25-21(26-24)18-10-7-6-9-16(18)20(23)17-14-15(22)11-12-19(17)21/h6-7,9-12,14,24H,2-5,8,13H2,1H3. The molecule has 0 saturated carbocycles. The zero-order chi connectivity index (χ0) is 18.6. The van der Waals surface area contributed by atoms with E-state index < -0.39 is 5.79 Å². The third-order valence-electron chi connectivity index (χ3n) is 4.79. The number of unbranched alkanes of at least 4 members (excludes halogenated alkanes) is 4. The fourth-order valence-electron chi connectivity index (χ4n) is 3.45. The molecule has 1 unspecified atom stereocenters. The molecule has 1 N–H and O–H groups in total. The minimum absolute atomic E-state index is 0.155. The topological polar surface area (TPSA) is 55.8 Å². The van der Waals surface area contributed by atoms with Gasteiger partial charge in [0, 0.05) is 27.3 Å². The van der Waals surface area contributed by atoms with Crippen LogP contribution in [0.4, 0.5) is 0 Å². The van der Waals surface area contributed by atoms with Crippen LogP contribution in [0.2, 0.25) is 5.02 Å². The van der Waals surface area contributed by atoms with Gasteiger partial charge in [0.25, 0.3) is 5.79 Å². The molecule has 0 radical (unpaired) electrons. The van der Waals surface area contributed by atoms with Crippen molar-refractivity contribution in [3.05, 3.63) is 69.7 Å². The lowest BCUT2D eigenvalue weighted by Crippen LogP contribution is -2.40. The molecule has 1 aliphatic carbocycles. The molecule has 0 heterocycles. The first-order valence-corrected chi connectivity index (χ1v) is 9.42. The zero-order valence-corrected chi connectivity index (χ0v) is 15.6. The maximum absolute atomic E-state index is 12.9. The van der Waals surface area contributed by atoms with Gasteiger partial charge in [-0.3, -0.25) is 4.79 Å².